The molecular weight excluding hydrogens is 653 g/mol. The highest BCUT2D eigenvalue weighted by Crippen LogP contribution is 2.43. The minimum atomic E-state index is -4.38. The lowest BCUT2D eigenvalue weighted by Gasteiger charge is -2.24. The van der Waals surface area contributed by atoms with E-state index in [2.05, 4.69) is 48.5 Å². The van der Waals surface area contributed by atoms with Crippen molar-refractivity contribution in [3.05, 3.63) is 71.8 Å². The van der Waals surface area contributed by atoms with E-state index in [1.54, 1.807) is 0 Å². The van der Waals surface area contributed by atoms with Gasteiger partial charge in [0.1, 0.15) is 19.8 Å². The van der Waals surface area contributed by atoms with Crippen molar-refractivity contribution < 1.29 is 42.1 Å². The van der Waals surface area contributed by atoms with Gasteiger partial charge >= 0.3 is 19.8 Å². The van der Waals surface area contributed by atoms with E-state index in [4.69, 9.17) is 18.5 Å². The number of rotatable bonds is 30. The molecule has 1 N–H and O–H groups in total. The fraction of sp³-hybridized carbons (Fsp3) is 0.650. The molecule has 0 amide bonds. The number of hydrogen-bond donors (Lipinski definition) is 1. The molecule has 0 aliphatic carbocycles. The summed E-state index contributed by atoms with van der Waals surface area (Å²) in [5.41, 5.74) is 2.76. The molecule has 2 aromatic carbocycles. The molecule has 2 atom stereocenters. The topological polar surface area (TPSA) is 108 Å². The van der Waals surface area contributed by atoms with Crippen molar-refractivity contribution in [2.24, 2.45) is 0 Å². The minimum absolute atomic E-state index is 0.0252. The van der Waals surface area contributed by atoms with Gasteiger partial charge in [0.2, 0.25) is 0 Å². The predicted octanol–water partition coefficient (Wildman–Crippen LogP) is 9.01. The molecule has 0 saturated heterocycles. The first-order valence-electron chi connectivity index (χ1n) is 18.9. The average molecular weight is 719 g/mol. The van der Waals surface area contributed by atoms with Crippen LogP contribution in [0.4, 0.5) is 0 Å². The number of esters is 2. The number of nitrogens with zero attached hydrogens (tertiary/aromatic N) is 1. The van der Waals surface area contributed by atoms with Gasteiger partial charge in [-0.25, -0.2) is 4.57 Å². The van der Waals surface area contributed by atoms with Gasteiger partial charge in [0.05, 0.1) is 27.7 Å². The Balaban J connectivity index is 1.63. The number of benzene rings is 2. The Hall–Kier alpha value is -2.55. The molecule has 2 rings (SSSR count). The lowest BCUT2D eigenvalue weighted by atomic mass is 10.0. The van der Waals surface area contributed by atoms with Gasteiger partial charge in [0.25, 0.3) is 0 Å². The van der Waals surface area contributed by atoms with Crippen molar-refractivity contribution in [3.8, 4) is 0 Å². The third-order valence-electron chi connectivity index (χ3n) is 8.55. The lowest BCUT2D eigenvalue weighted by molar-refractivity contribution is -0.870. The van der Waals surface area contributed by atoms with E-state index in [9.17, 15) is 19.0 Å². The molecule has 0 spiro atoms. The molecule has 1 unspecified atom stereocenters. The van der Waals surface area contributed by atoms with Gasteiger partial charge in [-0.15, -0.1) is 0 Å². The average Bonchev–Trinajstić information content (AvgIpc) is 3.08. The summed E-state index contributed by atoms with van der Waals surface area (Å²) in [5.74, 6) is -0.830. The number of aryl methyl sites for hydroxylation is 2. The quantitative estimate of drug-likeness (QED) is 0.0369. The smallest absolute Gasteiger partial charge is 0.462 e. The van der Waals surface area contributed by atoms with E-state index in [-0.39, 0.29) is 32.0 Å². The molecule has 0 fully saturated rings. The summed E-state index contributed by atoms with van der Waals surface area (Å²) in [6.07, 6.45) is 16.5. The third kappa shape index (κ3) is 24.6. The lowest BCUT2D eigenvalue weighted by Crippen LogP contribution is -2.37. The van der Waals surface area contributed by atoms with Gasteiger partial charge in [0.15, 0.2) is 6.10 Å². The van der Waals surface area contributed by atoms with Crippen molar-refractivity contribution in [3.63, 3.8) is 0 Å². The number of phosphoric ester groups is 1. The van der Waals surface area contributed by atoms with E-state index in [0.717, 1.165) is 57.8 Å². The fourth-order valence-electron chi connectivity index (χ4n) is 5.52. The van der Waals surface area contributed by atoms with Crippen molar-refractivity contribution >= 4 is 19.8 Å². The summed E-state index contributed by atoms with van der Waals surface area (Å²) in [6, 6.07) is 21.1. The van der Waals surface area contributed by atoms with Gasteiger partial charge in [-0.3, -0.25) is 18.6 Å². The first-order chi connectivity index (χ1) is 24.0. The fourth-order valence-corrected chi connectivity index (χ4v) is 6.26. The summed E-state index contributed by atoms with van der Waals surface area (Å²) < 4.78 is 34.2. The number of carbonyl (C=O) groups is 2. The first kappa shape index (κ1) is 43.6. The van der Waals surface area contributed by atoms with Crippen molar-refractivity contribution in [2.45, 2.75) is 122 Å². The highest BCUT2D eigenvalue weighted by Gasteiger charge is 2.27. The summed E-state index contributed by atoms with van der Waals surface area (Å²) in [4.78, 5) is 35.2. The molecular formula is C40H65NO8P+. The third-order valence-corrected chi connectivity index (χ3v) is 9.53. The second-order valence-electron chi connectivity index (χ2n) is 14.3. The monoisotopic (exact) mass is 718 g/mol. The molecule has 2 aromatic rings. The van der Waals surface area contributed by atoms with Crippen molar-refractivity contribution in [1.82, 2.24) is 0 Å². The van der Waals surface area contributed by atoms with Gasteiger partial charge in [-0.2, -0.15) is 0 Å². The van der Waals surface area contributed by atoms with Gasteiger partial charge < -0.3 is 18.9 Å². The number of carbonyl (C=O) groups excluding carboxylic acids is 2. The van der Waals surface area contributed by atoms with Crippen LogP contribution < -0.4 is 0 Å². The molecule has 9 nitrogen and oxygen atoms in total. The molecule has 0 aliphatic rings. The SMILES string of the molecule is C[N+](C)(C)CCOP(=O)(O)OC[C@@H](COC(=O)CCCCCCCCCc1ccccc1)OC(=O)CCCCCCCCCc1ccccc1. The Labute approximate surface area is 302 Å². The number of likely N-dealkylation sites (N-methyl/N-ethyl adjacent to an activating group) is 1. The van der Waals surface area contributed by atoms with Crippen LogP contribution in [0.5, 0.6) is 0 Å². The second kappa shape index (κ2) is 26.3. The second-order valence-corrected chi connectivity index (χ2v) is 15.8. The first-order valence-corrected chi connectivity index (χ1v) is 20.4. The number of unbranched alkanes of at least 4 members (excludes halogenated alkanes) is 12. The molecule has 50 heavy (non-hydrogen) atoms. The maximum absolute atomic E-state index is 12.6. The molecule has 0 bridgehead atoms. The maximum Gasteiger partial charge on any atom is 0.472 e. The van der Waals surface area contributed by atoms with Gasteiger partial charge in [-0.1, -0.05) is 125 Å². The largest absolute Gasteiger partial charge is 0.472 e. The van der Waals surface area contributed by atoms with Crippen molar-refractivity contribution in [1.29, 1.82) is 0 Å². The van der Waals surface area contributed by atoms with E-state index < -0.39 is 26.5 Å². The van der Waals surface area contributed by atoms with Crippen LogP contribution >= 0.6 is 7.82 Å². The van der Waals surface area contributed by atoms with E-state index in [1.807, 2.05) is 33.3 Å². The van der Waals surface area contributed by atoms with Crippen LogP contribution in [-0.4, -0.2) is 74.9 Å². The normalized spacial score (nSPS) is 13.4. The number of quaternary nitrogens is 1. The summed E-state index contributed by atoms with van der Waals surface area (Å²) in [5, 5.41) is 0. The Morgan fingerprint density at radius 1 is 0.620 bits per heavy atom. The number of ether oxygens (including phenoxy) is 2. The van der Waals surface area contributed by atoms with Crippen LogP contribution in [0.1, 0.15) is 114 Å². The summed E-state index contributed by atoms with van der Waals surface area (Å²) in [6.45, 7) is -0.123. The highest BCUT2D eigenvalue weighted by atomic mass is 31.2. The van der Waals surface area contributed by atoms with Gasteiger partial charge in [0, 0.05) is 12.8 Å². The van der Waals surface area contributed by atoms with Crippen LogP contribution in [0.3, 0.4) is 0 Å². The molecule has 0 aromatic heterocycles. The molecule has 0 saturated carbocycles. The molecule has 0 radical (unpaired) electrons. The highest BCUT2D eigenvalue weighted by molar-refractivity contribution is 7.47. The minimum Gasteiger partial charge on any atom is -0.462 e. The van der Waals surface area contributed by atoms with E-state index in [0.29, 0.717) is 17.4 Å². The maximum atomic E-state index is 12.6. The zero-order valence-corrected chi connectivity index (χ0v) is 32.0. The Kier molecular flexibility index (Phi) is 22.9. The van der Waals surface area contributed by atoms with E-state index in [1.165, 1.54) is 49.7 Å². The van der Waals surface area contributed by atoms with Crippen LogP contribution in [0.15, 0.2) is 60.7 Å². The van der Waals surface area contributed by atoms with Gasteiger partial charge in [-0.05, 0) is 49.7 Å². The molecule has 10 heteroatoms. The van der Waals surface area contributed by atoms with Crippen LogP contribution in [0, 0.1) is 0 Å². The van der Waals surface area contributed by atoms with Crippen LogP contribution in [0.25, 0.3) is 0 Å². The van der Waals surface area contributed by atoms with Crippen LogP contribution in [0.2, 0.25) is 0 Å². The standard InChI is InChI=1S/C40H64NO8P/c1-41(2,3)32-33-47-50(44,45)48-35-38(49-40(43)31-23-13-9-5-7-11-17-25-37-28-20-15-21-29-37)34-46-39(42)30-22-12-8-4-6-10-16-24-36-26-18-14-19-27-36/h14-15,18-21,26-29,38H,4-13,16-17,22-25,30-35H2,1-3H3/p+1/t38-/m1/s1. The Bertz CT molecular complexity index is 1200. The summed E-state index contributed by atoms with van der Waals surface area (Å²) in [7, 11) is 1.45. The van der Waals surface area contributed by atoms with Crippen molar-refractivity contribution in [2.75, 3.05) is 47.5 Å². The van der Waals surface area contributed by atoms with Crippen LogP contribution in [-0.2, 0) is 45.5 Å². The Morgan fingerprint density at radius 3 is 1.54 bits per heavy atom. The zero-order chi connectivity index (χ0) is 36.3. The summed E-state index contributed by atoms with van der Waals surface area (Å²) >= 11 is 0. The Morgan fingerprint density at radius 2 is 1.06 bits per heavy atom. The number of phosphoric acid groups is 1. The van der Waals surface area contributed by atoms with E-state index >= 15 is 0 Å². The molecule has 0 heterocycles. The molecule has 0 aliphatic heterocycles. The predicted molar refractivity (Wildman–Crippen MR) is 200 cm³/mol. The zero-order valence-electron chi connectivity index (χ0n) is 31.1. The number of hydrogen-bond acceptors (Lipinski definition) is 7. The molecule has 282 valence electrons.